The van der Waals surface area contributed by atoms with Crippen molar-refractivity contribution in [2.75, 3.05) is 23.7 Å². The maximum atomic E-state index is 12.7. The number of nitrogens with one attached hydrogen (secondary N) is 6. The monoisotopic (exact) mass is 1440 g/mol. The highest BCUT2D eigenvalue weighted by Crippen LogP contribution is 2.38. The van der Waals surface area contributed by atoms with Gasteiger partial charge in [-0.05, 0) is 124 Å². The molecule has 546 valence electrons. The number of nitrogens with zero attached hydrogens (tertiary/aromatic N) is 16. The van der Waals surface area contributed by atoms with Gasteiger partial charge in [0.1, 0.15) is 30.9 Å². The number of aromatic amines is 3. The minimum atomic E-state index is -0.928. The van der Waals surface area contributed by atoms with Gasteiger partial charge in [0.15, 0.2) is 0 Å². The molecule has 0 atom stereocenters. The van der Waals surface area contributed by atoms with Crippen LogP contribution in [0.3, 0.4) is 0 Å². The van der Waals surface area contributed by atoms with Gasteiger partial charge in [-0.15, -0.1) is 12.4 Å². The zero-order valence-corrected chi connectivity index (χ0v) is 61.1. The van der Waals surface area contributed by atoms with E-state index >= 15 is 0 Å². The van der Waals surface area contributed by atoms with Crippen molar-refractivity contribution < 1.29 is 42.8 Å². The predicted octanol–water partition coefficient (Wildman–Crippen LogP) is 5.73. The Bertz CT molecular complexity index is 4410. The fourth-order valence-electron chi connectivity index (χ4n) is 12.2. The number of fused-ring (bicyclic) bond motifs is 4. The molecule has 16 rings (SSSR count). The molecule has 0 bridgehead atoms. The fourth-order valence-corrected chi connectivity index (χ4v) is 12.2. The van der Waals surface area contributed by atoms with E-state index in [0.717, 1.165) is 101 Å². The SMILES string of the molecule is C1Cc2n[nH]nc2CN1.CC(C)(C)OC(=O)Cn1cc(B2OC(C)(C)C(C)(C)O2)cn1.CC1(C)OB(c2cn[nH]c2)OC1(C)C.Cl.O=C(Cn1cc(-c2cnc(NC3Cc4ccccc4C3)nc2)cn1)N1CCc2n[nH]nc2C1.O=C(O)Cn1cc(-c2cnc(NC3Cc4ccccc4C3)nc2)cn1. The largest absolute Gasteiger partial charge is 0.498 e. The second kappa shape index (κ2) is 31.9. The molecular weight excluding hydrogens is 1350 g/mol. The Balaban J connectivity index is 0.000000137. The summed E-state index contributed by atoms with van der Waals surface area (Å²) in [6.45, 7) is 24.7. The molecule has 0 radical (unpaired) electrons. The number of amides is 1. The molecule has 2 aromatic carbocycles. The topological polar surface area (TPSA) is 374 Å². The molecule has 1 amide bonds. The van der Waals surface area contributed by atoms with E-state index in [2.05, 4.69) is 141 Å². The van der Waals surface area contributed by atoms with Crippen molar-refractivity contribution in [1.82, 2.24) is 101 Å². The number of benzene rings is 2. The lowest BCUT2D eigenvalue weighted by atomic mass is 9.82. The summed E-state index contributed by atoms with van der Waals surface area (Å²) in [6, 6.07) is 17.6. The first kappa shape index (κ1) is 75.1. The molecule has 0 saturated carbocycles. The minimum absolute atomic E-state index is 0. The number of carboxylic acid groups (broad SMARTS) is 1. The molecule has 34 heteroatoms. The van der Waals surface area contributed by atoms with Gasteiger partial charge >= 0.3 is 26.2 Å². The molecule has 0 spiro atoms. The van der Waals surface area contributed by atoms with Gasteiger partial charge in [0.25, 0.3) is 0 Å². The lowest BCUT2D eigenvalue weighted by Crippen LogP contribution is -2.41. The summed E-state index contributed by atoms with van der Waals surface area (Å²) in [4.78, 5) is 54.8. The smallest absolute Gasteiger partial charge is 0.480 e. The number of H-pyrrole nitrogens is 3. The van der Waals surface area contributed by atoms with Gasteiger partial charge in [0.2, 0.25) is 17.8 Å². The van der Waals surface area contributed by atoms with Crippen LogP contribution in [-0.2, 0) is 109 Å². The number of esters is 1. The first-order valence-corrected chi connectivity index (χ1v) is 34.4. The van der Waals surface area contributed by atoms with Gasteiger partial charge < -0.3 is 49.3 Å². The standard InChI is InChI=1S/C23H23N9O.C18H17N5O2.C15H25BN2O4.C9H15BN2O2.C5H8N4.ClH/c33-22(31-6-5-20-21(13-31)29-30-28-20)14-32-12-18(11-26-32)17-9-24-23(25-10-17)27-19-7-15-3-1-2-4-16(15)8-19;24-17(25)11-23-10-15(9-21-23)14-7-19-18(20-8-14)22-16-5-12-3-1-2-4-13(12)6-16;1-13(2,3)20-12(19)10-18-9-11(8-17-18)16-21-14(4,5)15(6,7)22-16;1-8(2)9(3,4)14-10(13-8)7-5-11-12-6-7;1-2-6-3-5-4(1)7-9-8-5;/h1-4,9-12,19H,5-8,13-14H2,(H,24,25,27)(H,28,29,30);1-4,7-10,16H,5-6,11H2,(H,24,25)(H,19,20,22);8-9H,10H2,1-7H3;5-6H,1-4H3,(H,11,12);6H,1-3H2,(H,7,8,9);1H. The highest BCUT2D eigenvalue weighted by atomic mass is 35.5. The summed E-state index contributed by atoms with van der Waals surface area (Å²) < 4.78 is 33.4. The minimum Gasteiger partial charge on any atom is -0.480 e. The van der Waals surface area contributed by atoms with Crippen LogP contribution in [0.25, 0.3) is 22.3 Å². The van der Waals surface area contributed by atoms with Gasteiger partial charge in [-0.3, -0.25) is 33.5 Å². The molecule has 12 heterocycles. The average Bonchev–Trinajstić information content (AvgIpc) is 1.63. The number of rotatable bonds is 14. The number of halogens is 1. The molecule has 8 aromatic heterocycles. The zero-order valence-electron chi connectivity index (χ0n) is 60.3. The highest BCUT2D eigenvalue weighted by Gasteiger charge is 2.53. The van der Waals surface area contributed by atoms with E-state index in [1.54, 1.807) is 77.7 Å². The second-order valence-corrected chi connectivity index (χ2v) is 29.1. The average molecular weight is 1440 g/mol. The van der Waals surface area contributed by atoms with E-state index in [4.69, 9.17) is 28.5 Å². The molecule has 10 aromatic rings. The van der Waals surface area contributed by atoms with Crippen LogP contribution in [0.4, 0.5) is 11.9 Å². The highest BCUT2D eigenvalue weighted by molar-refractivity contribution is 6.62. The maximum Gasteiger partial charge on any atom is 0.498 e. The Morgan fingerprint density at radius 2 is 1.02 bits per heavy atom. The Kier molecular flexibility index (Phi) is 23.0. The Morgan fingerprint density at radius 1 is 0.567 bits per heavy atom. The zero-order chi connectivity index (χ0) is 72.7. The molecule has 31 nitrogen and oxygen atoms in total. The number of aliphatic carboxylic acids is 1. The molecular formula is C70H89B2ClN22O9. The summed E-state index contributed by atoms with van der Waals surface area (Å²) >= 11 is 0. The number of carbonyl (C=O) groups is 3. The molecule has 104 heavy (non-hydrogen) atoms. The lowest BCUT2D eigenvalue weighted by molar-refractivity contribution is -0.155. The van der Waals surface area contributed by atoms with Crippen LogP contribution in [0, 0.1) is 0 Å². The summed E-state index contributed by atoms with van der Waals surface area (Å²) in [6.07, 6.45) is 26.5. The van der Waals surface area contributed by atoms with Gasteiger partial charge in [0.05, 0.1) is 58.4 Å². The van der Waals surface area contributed by atoms with E-state index in [-0.39, 0.29) is 62.2 Å². The van der Waals surface area contributed by atoms with Gasteiger partial charge in [-0.2, -0.15) is 51.2 Å². The molecule has 0 unspecified atom stereocenters. The summed E-state index contributed by atoms with van der Waals surface area (Å²) in [5, 5.41) is 59.4. The van der Waals surface area contributed by atoms with E-state index < -0.39 is 29.9 Å². The van der Waals surface area contributed by atoms with E-state index in [1.807, 2.05) is 82.4 Å². The Hall–Kier alpha value is -10.1. The second-order valence-electron chi connectivity index (χ2n) is 29.1. The lowest BCUT2D eigenvalue weighted by Gasteiger charge is -2.32. The molecule has 2 fully saturated rings. The first-order chi connectivity index (χ1) is 49.2. The van der Waals surface area contributed by atoms with E-state index in [9.17, 15) is 14.4 Å². The Morgan fingerprint density at radius 3 is 1.49 bits per heavy atom. The normalized spacial score (nSPS) is 17.2. The van der Waals surface area contributed by atoms with Crippen LogP contribution in [0.1, 0.15) is 121 Å². The van der Waals surface area contributed by atoms with Crippen molar-refractivity contribution >= 4 is 67.3 Å². The van der Waals surface area contributed by atoms with Gasteiger partial charge in [-0.25, -0.2) is 19.9 Å². The third kappa shape index (κ3) is 18.8. The number of carboxylic acids is 1. The molecule has 7 N–H and O–H groups in total. The Labute approximate surface area is 609 Å². The molecule has 2 saturated heterocycles. The van der Waals surface area contributed by atoms with Crippen LogP contribution in [-0.4, -0.2) is 186 Å². The number of hydrogen-bond acceptors (Lipinski definition) is 23. The summed E-state index contributed by atoms with van der Waals surface area (Å²) in [7, 11) is -0.781. The quantitative estimate of drug-likeness (QED) is 0.0504. The number of anilines is 2. The van der Waals surface area contributed by atoms with Crippen molar-refractivity contribution in [2.45, 2.75) is 187 Å². The fraction of sp³-hybridized carbons (Fsp3) is 0.443. The number of ether oxygens (including phenoxy) is 1. The van der Waals surface area contributed by atoms with E-state index in [0.29, 0.717) is 43.5 Å². The van der Waals surface area contributed by atoms with Crippen LogP contribution in [0.15, 0.2) is 123 Å². The van der Waals surface area contributed by atoms with Crippen LogP contribution in [0.5, 0.6) is 0 Å². The maximum absolute atomic E-state index is 12.7. The van der Waals surface area contributed by atoms with Crippen LogP contribution >= 0.6 is 12.4 Å². The van der Waals surface area contributed by atoms with Gasteiger partial charge in [0, 0.05) is 140 Å². The van der Waals surface area contributed by atoms with Crippen molar-refractivity contribution in [3.63, 3.8) is 0 Å². The van der Waals surface area contributed by atoms with E-state index in [1.165, 1.54) is 31.6 Å². The van der Waals surface area contributed by atoms with Crippen LogP contribution in [0.2, 0.25) is 0 Å². The third-order valence-corrected chi connectivity index (χ3v) is 19.1. The molecule has 4 aliphatic heterocycles. The van der Waals surface area contributed by atoms with Crippen molar-refractivity contribution in [1.29, 1.82) is 0 Å². The number of aromatic nitrogens is 18. The summed E-state index contributed by atoms with van der Waals surface area (Å²) in [5.41, 5.74) is 12.7. The van der Waals surface area contributed by atoms with Crippen molar-refractivity contribution in [2.24, 2.45) is 0 Å². The van der Waals surface area contributed by atoms with Crippen molar-refractivity contribution in [3.05, 3.63) is 168 Å². The number of carbonyl (C=O) groups excluding carboxylic acids is 2. The molecule has 2 aliphatic carbocycles. The predicted molar refractivity (Wildman–Crippen MR) is 389 cm³/mol. The summed E-state index contributed by atoms with van der Waals surface area (Å²) in [5.74, 6) is -0.0262. The van der Waals surface area contributed by atoms with Crippen LogP contribution < -0.4 is 26.9 Å². The number of hydrogen-bond donors (Lipinski definition) is 7. The first-order valence-electron chi connectivity index (χ1n) is 34.4. The van der Waals surface area contributed by atoms with Crippen molar-refractivity contribution in [3.8, 4) is 22.3 Å². The molecule has 6 aliphatic rings. The van der Waals surface area contributed by atoms with Gasteiger partial charge in [-0.1, -0.05) is 48.5 Å². The third-order valence-electron chi connectivity index (χ3n) is 19.1.